The van der Waals surface area contributed by atoms with E-state index < -0.39 is 0 Å². The SMILES string of the molecule is CCC1(CC2CC2)CCN(C)C1. The minimum Gasteiger partial charge on any atom is -0.306 e. The van der Waals surface area contributed by atoms with Crippen LogP contribution in [-0.2, 0) is 0 Å². The van der Waals surface area contributed by atoms with Gasteiger partial charge in [0.15, 0.2) is 0 Å². The Morgan fingerprint density at radius 3 is 2.58 bits per heavy atom. The Bertz CT molecular complexity index is 162. The largest absolute Gasteiger partial charge is 0.306 e. The van der Waals surface area contributed by atoms with E-state index in [2.05, 4.69) is 18.9 Å². The van der Waals surface area contributed by atoms with E-state index in [0.29, 0.717) is 0 Å². The lowest BCUT2D eigenvalue weighted by atomic mass is 9.79. The van der Waals surface area contributed by atoms with Crippen LogP contribution in [0.25, 0.3) is 0 Å². The smallest absolute Gasteiger partial charge is 0.00354 e. The van der Waals surface area contributed by atoms with Gasteiger partial charge in [-0.3, -0.25) is 0 Å². The molecule has 0 aromatic heterocycles. The van der Waals surface area contributed by atoms with Gasteiger partial charge in [0, 0.05) is 6.54 Å². The van der Waals surface area contributed by atoms with Crippen molar-refractivity contribution >= 4 is 0 Å². The summed E-state index contributed by atoms with van der Waals surface area (Å²) >= 11 is 0. The van der Waals surface area contributed by atoms with Crippen molar-refractivity contribution in [3.8, 4) is 0 Å². The third-order valence-corrected chi connectivity index (χ3v) is 3.80. The van der Waals surface area contributed by atoms with E-state index in [1.165, 1.54) is 45.2 Å². The Morgan fingerprint density at radius 2 is 2.17 bits per heavy atom. The van der Waals surface area contributed by atoms with Crippen LogP contribution < -0.4 is 0 Å². The third kappa shape index (κ3) is 1.66. The second kappa shape index (κ2) is 3.02. The molecule has 0 amide bonds. The highest BCUT2D eigenvalue weighted by molar-refractivity contribution is 4.92. The molecule has 1 nitrogen and oxygen atoms in total. The van der Waals surface area contributed by atoms with E-state index >= 15 is 0 Å². The van der Waals surface area contributed by atoms with Gasteiger partial charge in [-0.1, -0.05) is 19.8 Å². The molecule has 70 valence electrons. The van der Waals surface area contributed by atoms with Gasteiger partial charge in [0.2, 0.25) is 0 Å². The fraction of sp³-hybridized carbons (Fsp3) is 1.00. The predicted octanol–water partition coefficient (Wildman–Crippen LogP) is 2.52. The summed E-state index contributed by atoms with van der Waals surface area (Å²) in [7, 11) is 2.27. The molecule has 1 aliphatic heterocycles. The standard InChI is InChI=1S/C11H21N/c1-3-11(8-10-4-5-10)6-7-12(2)9-11/h10H,3-9H2,1-2H3. The van der Waals surface area contributed by atoms with Gasteiger partial charge in [-0.15, -0.1) is 0 Å². The molecule has 2 aliphatic rings. The lowest BCUT2D eigenvalue weighted by Gasteiger charge is -2.27. The van der Waals surface area contributed by atoms with Crippen molar-refractivity contribution in [2.75, 3.05) is 20.1 Å². The second-order valence-corrected chi connectivity index (χ2v) is 4.99. The van der Waals surface area contributed by atoms with Gasteiger partial charge in [-0.25, -0.2) is 0 Å². The average molecular weight is 167 g/mol. The van der Waals surface area contributed by atoms with Crippen LogP contribution in [0.5, 0.6) is 0 Å². The maximum absolute atomic E-state index is 2.51. The van der Waals surface area contributed by atoms with E-state index in [-0.39, 0.29) is 0 Å². The molecular formula is C11H21N. The number of hydrogen-bond acceptors (Lipinski definition) is 1. The van der Waals surface area contributed by atoms with Gasteiger partial charge < -0.3 is 4.90 Å². The summed E-state index contributed by atoms with van der Waals surface area (Å²) < 4.78 is 0. The van der Waals surface area contributed by atoms with E-state index in [9.17, 15) is 0 Å². The van der Waals surface area contributed by atoms with Gasteiger partial charge in [-0.05, 0) is 44.2 Å². The van der Waals surface area contributed by atoms with Crippen molar-refractivity contribution in [2.24, 2.45) is 11.3 Å². The number of likely N-dealkylation sites (tertiary alicyclic amines) is 1. The van der Waals surface area contributed by atoms with Crippen LogP contribution in [0, 0.1) is 11.3 Å². The van der Waals surface area contributed by atoms with Crippen LogP contribution in [-0.4, -0.2) is 25.0 Å². The molecule has 1 atom stereocenters. The zero-order valence-electron chi connectivity index (χ0n) is 8.47. The fourth-order valence-corrected chi connectivity index (χ4v) is 2.69. The summed E-state index contributed by atoms with van der Waals surface area (Å²) in [4.78, 5) is 2.51. The van der Waals surface area contributed by atoms with Crippen LogP contribution in [0.4, 0.5) is 0 Å². The molecule has 1 heteroatoms. The molecule has 0 N–H and O–H groups in total. The average Bonchev–Trinajstić information content (AvgIpc) is 2.77. The normalized spacial score (nSPS) is 37.5. The van der Waals surface area contributed by atoms with Crippen LogP contribution in [0.15, 0.2) is 0 Å². The summed E-state index contributed by atoms with van der Waals surface area (Å²) in [5.41, 5.74) is 0.718. The van der Waals surface area contributed by atoms with Crippen molar-refractivity contribution in [2.45, 2.75) is 39.0 Å². The number of rotatable bonds is 3. The molecule has 1 aliphatic carbocycles. The third-order valence-electron chi connectivity index (χ3n) is 3.80. The molecule has 2 fully saturated rings. The fourth-order valence-electron chi connectivity index (χ4n) is 2.69. The first-order chi connectivity index (χ1) is 5.74. The molecule has 0 bridgehead atoms. The highest BCUT2D eigenvalue weighted by atomic mass is 15.1. The molecule has 1 unspecified atom stereocenters. The van der Waals surface area contributed by atoms with E-state index in [1.54, 1.807) is 0 Å². The van der Waals surface area contributed by atoms with Crippen molar-refractivity contribution < 1.29 is 0 Å². The van der Waals surface area contributed by atoms with Crippen molar-refractivity contribution in [1.82, 2.24) is 4.90 Å². The van der Waals surface area contributed by atoms with Gasteiger partial charge in [0.1, 0.15) is 0 Å². The molecule has 0 aromatic carbocycles. The first-order valence-corrected chi connectivity index (χ1v) is 5.43. The lowest BCUT2D eigenvalue weighted by molar-refractivity contribution is 0.238. The van der Waals surface area contributed by atoms with E-state index in [4.69, 9.17) is 0 Å². The first kappa shape index (κ1) is 8.55. The Labute approximate surface area is 76.1 Å². The summed E-state index contributed by atoms with van der Waals surface area (Å²) in [6, 6.07) is 0. The van der Waals surface area contributed by atoms with E-state index in [0.717, 1.165) is 11.3 Å². The van der Waals surface area contributed by atoms with E-state index in [1.807, 2.05) is 0 Å². The molecule has 0 radical (unpaired) electrons. The van der Waals surface area contributed by atoms with Crippen LogP contribution in [0.3, 0.4) is 0 Å². The Kier molecular flexibility index (Phi) is 2.16. The molecule has 0 spiro atoms. The first-order valence-electron chi connectivity index (χ1n) is 5.43. The lowest BCUT2D eigenvalue weighted by Crippen LogP contribution is -2.24. The summed E-state index contributed by atoms with van der Waals surface area (Å²) in [6.45, 7) is 5.07. The molecule has 1 saturated carbocycles. The molecule has 0 aromatic rings. The zero-order valence-corrected chi connectivity index (χ0v) is 8.47. The van der Waals surface area contributed by atoms with Gasteiger partial charge in [-0.2, -0.15) is 0 Å². The highest BCUT2D eigenvalue weighted by Gasteiger charge is 2.39. The maximum Gasteiger partial charge on any atom is 0.00354 e. The van der Waals surface area contributed by atoms with Crippen LogP contribution in [0.2, 0.25) is 0 Å². The molecule has 12 heavy (non-hydrogen) atoms. The van der Waals surface area contributed by atoms with Crippen LogP contribution >= 0.6 is 0 Å². The maximum atomic E-state index is 2.51. The van der Waals surface area contributed by atoms with Gasteiger partial charge in [0.05, 0.1) is 0 Å². The summed E-state index contributed by atoms with van der Waals surface area (Å²) in [5, 5.41) is 0. The number of hydrogen-bond donors (Lipinski definition) is 0. The topological polar surface area (TPSA) is 3.24 Å². The zero-order chi connectivity index (χ0) is 8.60. The molecular weight excluding hydrogens is 146 g/mol. The Balaban J connectivity index is 1.93. The predicted molar refractivity (Wildman–Crippen MR) is 52.2 cm³/mol. The molecule has 2 rings (SSSR count). The minimum absolute atomic E-state index is 0.718. The molecule has 1 saturated heterocycles. The Morgan fingerprint density at radius 1 is 1.42 bits per heavy atom. The van der Waals surface area contributed by atoms with Crippen molar-refractivity contribution in [3.05, 3.63) is 0 Å². The quantitative estimate of drug-likeness (QED) is 0.624. The Hall–Kier alpha value is -0.0400. The monoisotopic (exact) mass is 167 g/mol. The highest BCUT2D eigenvalue weighted by Crippen LogP contribution is 2.46. The second-order valence-electron chi connectivity index (χ2n) is 4.99. The van der Waals surface area contributed by atoms with Crippen molar-refractivity contribution in [1.29, 1.82) is 0 Å². The minimum atomic E-state index is 0.718. The molecule has 1 heterocycles. The van der Waals surface area contributed by atoms with Crippen LogP contribution in [0.1, 0.15) is 39.0 Å². The number of nitrogens with zero attached hydrogens (tertiary/aromatic N) is 1. The summed E-state index contributed by atoms with van der Waals surface area (Å²) in [5.74, 6) is 1.11. The summed E-state index contributed by atoms with van der Waals surface area (Å²) in [6.07, 6.45) is 7.41. The van der Waals surface area contributed by atoms with Crippen molar-refractivity contribution in [3.63, 3.8) is 0 Å². The van der Waals surface area contributed by atoms with Gasteiger partial charge in [0.25, 0.3) is 0 Å². The van der Waals surface area contributed by atoms with Gasteiger partial charge >= 0.3 is 0 Å².